The fraction of sp³-hybridized carbons (Fsp3) is 0.143. The fourth-order valence-electron chi connectivity index (χ4n) is 3.79. The molecule has 0 spiro atoms. The number of hydrogen-bond acceptors (Lipinski definition) is 0. The molecule has 1 heteroatoms. The van der Waals surface area contributed by atoms with E-state index in [1.165, 1.54) is 27.8 Å². The molecule has 1 heterocycles. The molecule has 3 aromatic carbocycles. The monoisotopic (exact) mass is 346 g/mol. The van der Waals surface area contributed by atoms with Crippen LogP contribution in [0.1, 0.15) is 5.56 Å². The third-order valence-electron chi connectivity index (χ3n) is 4.96. The van der Waals surface area contributed by atoms with Gasteiger partial charge < -0.3 is 0 Å². The predicted octanol–water partition coefficient (Wildman–Crippen LogP) is 4.47. The molecule has 108 valence electrons. The summed E-state index contributed by atoms with van der Waals surface area (Å²) < 4.78 is 3.19. The van der Waals surface area contributed by atoms with E-state index in [1.54, 1.807) is 8.79 Å². The van der Waals surface area contributed by atoms with Crippen molar-refractivity contribution in [2.24, 2.45) is 0 Å². The summed E-state index contributed by atoms with van der Waals surface area (Å²) in [7, 11) is 0. The molecule has 1 aliphatic rings. The molecule has 0 aliphatic carbocycles. The van der Waals surface area contributed by atoms with Crippen LogP contribution >= 0.6 is 0 Å². The predicted molar refractivity (Wildman–Crippen MR) is 98.8 cm³/mol. The molecule has 0 aromatic heterocycles. The van der Waals surface area contributed by atoms with Crippen molar-refractivity contribution in [1.29, 1.82) is 0 Å². The molecule has 0 radical (unpaired) electrons. The Labute approximate surface area is 135 Å². The summed E-state index contributed by atoms with van der Waals surface area (Å²) in [5.41, 5.74) is 7.02. The SMILES string of the molecule is Cc1ccc2c(c1)-c1cccc[c]1[Ge]([CH3])([CH3])[c]1ccccc1-2. The third kappa shape index (κ3) is 1.90. The number of fused-ring (bicyclic) bond motifs is 5. The van der Waals surface area contributed by atoms with Gasteiger partial charge >= 0.3 is 135 Å². The number of benzene rings is 3. The Morgan fingerprint density at radius 2 is 1.14 bits per heavy atom. The summed E-state index contributed by atoms with van der Waals surface area (Å²) in [6, 6.07) is 25.0. The molecule has 0 unspecified atom stereocenters. The molecule has 0 atom stereocenters. The Kier molecular flexibility index (Phi) is 3.05. The molecule has 0 nitrogen and oxygen atoms in total. The first-order chi connectivity index (χ1) is 10.6. The van der Waals surface area contributed by atoms with Gasteiger partial charge in [0.25, 0.3) is 0 Å². The molecule has 0 saturated carbocycles. The summed E-state index contributed by atoms with van der Waals surface area (Å²) in [5, 5.41) is 0. The average Bonchev–Trinajstić information content (AvgIpc) is 2.62. The first-order valence-electron chi connectivity index (χ1n) is 7.89. The van der Waals surface area contributed by atoms with Crippen molar-refractivity contribution in [3.8, 4) is 22.3 Å². The van der Waals surface area contributed by atoms with E-state index in [2.05, 4.69) is 85.2 Å². The van der Waals surface area contributed by atoms with Gasteiger partial charge in [-0.2, -0.15) is 0 Å². The van der Waals surface area contributed by atoms with E-state index in [0.717, 1.165) is 0 Å². The van der Waals surface area contributed by atoms with Crippen LogP contribution in [0.25, 0.3) is 22.3 Å². The van der Waals surface area contributed by atoms with Gasteiger partial charge in [0.2, 0.25) is 0 Å². The Bertz CT molecular complexity index is 875. The van der Waals surface area contributed by atoms with Gasteiger partial charge in [-0.1, -0.05) is 0 Å². The van der Waals surface area contributed by atoms with Gasteiger partial charge in [0.1, 0.15) is 0 Å². The molecule has 3 aromatic rings. The maximum atomic E-state index is 2.52. The van der Waals surface area contributed by atoms with Crippen LogP contribution in [-0.4, -0.2) is 13.3 Å². The van der Waals surface area contributed by atoms with E-state index in [0.29, 0.717) is 0 Å². The van der Waals surface area contributed by atoms with Crippen LogP contribution in [0, 0.1) is 6.92 Å². The van der Waals surface area contributed by atoms with Crippen molar-refractivity contribution < 1.29 is 0 Å². The maximum absolute atomic E-state index is 2.52. The van der Waals surface area contributed by atoms with Crippen molar-refractivity contribution in [2.75, 3.05) is 0 Å². The standard InChI is InChI=1S/C21H20Ge/c1-15-12-13-16-17-8-4-6-10-20(17)22(2,3)21-11-7-5-9-18(21)19(16)14-15/h4-14H,1-3H3. The van der Waals surface area contributed by atoms with E-state index in [9.17, 15) is 0 Å². The zero-order valence-corrected chi connectivity index (χ0v) is 15.4. The molecule has 0 fully saturated rings. The minimum atomic E-state index is -2.29. The summed E-state index contributed by atoms with van der Waals surface area (Å²) in [6.07, 6.45) is 0. The van der Waals surface area contributed by atoms with Crippen molar-refractivity contribution in [2.45, 2.75) is 18.4 Å². The summed E-state index contributed by atoms with van der Waals surface area (Å²) >= 11 is -2.29. The van der Waals surface area contributed by atoms with E-state index >= 15 is 0 Å². The Balaban J connectivity index is 2.21. The first-order valence-corrected chi connectivity index (χ1v) is 14.2. The van der Waals surface area contributed by atoms with Gasteiger partial charge in [-0.15, -0.1) is 0 Å². The van der Waals surface area contributed by atoms with Gasteiger partial charge in [0.05, 0.1) is 0 Å². The quantitative estimate of drug-likeness (QED) is 0.528. The normalized spacial score (nSPS) is 14.5. The second-order valence-electron chi connectivity index (χ2n) is 6.77. The molecular formula is C21H20Ge. The molecular weight excluding hydrogens is 325 g/mol. The molecule has 1 aliphatic heterocycles. The van der Waals surface area contributed by atoms with Crippen LogP contribution in [0.15, 0.2) is 66.7 Å². The van der Waals surface area contributed by atoms with Gasteiger partial charge in [0, 0.05) is 0 Å². The van der Waals surface area contributed by atoms with E-state index in [-0.39, 0.29) is 0 Å². The molecule has 22 heavy (non-hydrogen) atoms. The zero-order chi connectivity index (χ0) is 15.3. The molecule has 0 amide bonds. The van der Waals surface area contributed by atoms with Crippen LogP contribution in [-0.2, 0) is 0 Å². The molecule has 0 saturated heterocycles. The Morgan fingerprint density at radius 3 is 1.77 bits per heavy atom. The van der Waals surface area contributed by atoms with Crippen molar-refractivity contribution in [3.63, 3.8) is 0 Å². The minimum absolute atomic E-state index is 1.33. The second-order valence-corrected chi connectivity index (χ2v) is 15.8. The number of rotatable bonds is 0. The summed E-state index contributed by atoms with van der Waals surface area (Å²) in [5.74, 6) is 5.05. The van der Waals surface area contributed by atoms with Crippen LogP contribution in [0.4, 0.5) is 0 Å². The van der Waals surface area contributed by atoms with Crippen LogP contribution in [0.3, 0.4) is 0 Å². The van der Waals surface area contributed by atoms with E-state index in [4.69, 9.17) is 0 Å². The second kappa shape index (κ2) is 4.85. The van der Waals surface area contributed by atoms with Crippen molar-refractivity contribution >= 4 is 22.1 Å². The van der Waals surface area contributed by atoms with Crippen LogP contribution in [0.2, 0.25) is 11.5 Å². The van der Waals surface area contributed by atoms with Crippen LogP contribution < -0.4 is 8.79 Å². The van der Waals surface area contributed by atoms with Crippen molar-refractivity contribution in [3.05, 3.63) is 72.3 Å². The van der Waals surface area contributed by atoms with Crippen molar-refractivity contribution in [1.82, 2.24) is 0 Å². The number of aryl methyl sites for hydroxylation is 1. The Hall–Kier alpha value is -1.80. The van der Waals surface area contributed by atoms with E-state index < -0.39 is 13.3 Å². The zero-order valence-electron chi connectivity index (χ0n) is 13.4. The van der Waals surface area contributed by atoms with Gasteiger partial charge in [-0.3, -0.25) is 0 Å². The average molecular weight is 345 g/mol. The summed E-state index contributed by atoms with van der Waals surface area (Å²) in [4.78, 5) is 0. The van der Waals surface area contributed by atoms with Crippen LogP contribution in [0.5, 0.6) is 0 Å². The topological polar surface area (TPSA) is 0 Å². The third-order valence-corrected chi connectivity index (χ3v) is 12.4. The van der Waals surface area contributed by atoms with Gasteiger partial charge in [-0.05, 0) is 0 Å². The fourth-order valence-corrected chi connectivity index (χ4v) is 10.3. The van der Waals surface area contributed by atoms with E-state index in [1.807, 2.05) is 0 Å². The number of hydrogen-bond donors (Lipinski definition) is 0. The molecule has 0 N–H and O–H groups in total. The first kappa shape index (κ1) is 13.8. The van der Waals surface area contributed by atoms with Gasteiger partial charge in [-0.25, -0.2) is 0 Å². The Morgan fingerprint density at radius 1 is 0.591 bits per heavy atom. The molecule has 4 rings (SSSR count). The summed E-state index contributed by atoms with van der Waals surface area (Å²) in [6.45, 7) is 2.19. The van der Waals surface area contributed by atoms with Gasteiger partial charge in [0.15, 0.2) is 0 Å². The molecule has 0 bridgehead atoms.